The second-order valence-corrected chi connectivity index (χ2v) is 10.3. The molecule has 2 atom stereocenters. The van der Waals surface area contributed by atoms with E-state index in [0.717, 1.165) is 22.4 Å². The molecule has 0 spiro atoms. The van der Waals surface area contributed by atoms with Crippen molar-refractivity contribution in [2.24, 2.45) is 0 Å². The van der Waals surface area contributed by atoms with Gasteiger partial charge in [-0.15, -0.1) is 0 Å². The lowest BCUT2D eigenvalue weighted by Crippen LogP contribution is -2.44. The third-order valence-electron chi connectivity index (χ3n) is 5.79. The first-order valence-electron chi connectivity index (χ1n) is 10.0. The first kappa shape index (κ1) is 22.3. The number of sulfonamides is 1. The van der Waals surface area contributed by atoms with Crippen LogP contribution >= 0.6 is 11.6 Å². The quantitative estimate of drug-likeness (QED) is 0.535. The Morgan fingerprint density at radius 2 is 1.62 bits per heavy atom. The highest BCUT2D eigenvalue weighted by Crippen LogP contribution is 2.52. The van der Waals surface area contributed by atoms with Gasteiger partial charge in [0, 0.05) is 30.7 Å². The van der Waals surface area contributed by atoms with Gasteiger partial charge < -0.3 is 10.0 Å². The van der Waals surface area contributed by atoms with Gasteiger partial charge in [0.05, 0.1) is 4.90 Å². The Kier molecular flexibility index (Phi) is 5.75. The number of rotatable bonds is 7. The maximum atomic E-state index is 13.0. The molecule has 1 aliphatic rings. The first-order chi connectivity index (χ1) is 15.1. The van der Waals surface area contributed by atoms with Crippen molar-refractivity contribution < 1.29 is 18.3 Å². The van der Waals surface area contributed by atoms with Crippen molar-refractivity contribution in [3.05, 3.63) is 83.4 Å². The van der Waals surface area contributed by atoms with Crippen LogP contribution in [-0.4, -0.2) is 39.1 Å². The Morgan fingerprint density at radius 3 is 2.19 bits per heavy atom. The number of nitrogens with one attached hydrogen (secondary N) is 1. The molecule has 2 N–H and O–H groups in total. The van der Waals surface area contributed by atoms with Crippen LogP contribution < -0.4 is 9.62 Å². The van der Waals surface area contributed by atoms with E-state index in [9.17, 15) is 18.3 Å². The van der Waals surface area contributed by atoms with Gasteiger partial charge in [-0.3, -0.25) is 4.79 Å². The van der Waals surface area contributed by atoms with Crippen molar-refractivity contribution in [2.75, 3.05) is 19.0 Å². The van der Waals surface area contributed by atoms with E-state index in [0.29, 0.717) is 5.02 Å². The summed E-state index contributed by atoms with van der Waals surface area (Å²) in [6.07, 6.45) is 0.196. The average Bonchev–Trinajstić information content (AvgIpc) is 3.49. The van der Waals surface area contributed by atoms with Crippen LogP contribution in [0.25, 0.3) is 11.1 Å². The molecule has 0 radical (unpaired) electrons. The monoisotopic (exact) mass is 470 g/mol. The average molecular weight is 471 g/mol. The molecule has 3 aromatic rings. The van der Waals surface area contributed by atoms with Gasteiger partial charge in [-0.05, 0) is 59.5 Å². The molecule has 2 unspecified atom stereocenters. The molecule has 1 aliphatic carbocycles. The maximum absolute atomic E-state index is 13.0. The van der Waals surface area contributed by atoms with Crippen molar-refractivity contribution in [1.29, 1.82) is 0 Å². The molecule has 166 valence electrons. The number of anilines is 1. The van der Waals surface area contributed by atoms with Crippen LogP contribution in [0.4, 0.5) is 5.69 Å². The fourth-order valence-electron chi connectivity index (χ4n) is 3.85. The number of nitrogens with zero attached hydrogens (tertiary/aromatic N) is 1. The smallest absolute Gasteiger partial charge is 0.325 e. The summed E-state index contributed by atoms with van der Waals surface area (Å²) in [4.78, 5) is 14.0. The van der Waals surface area contributed by atoms with Gasteiger partial charge in [-0.2, -0.15) is 4.72 Å². The minimum Gasteiger partial charge on any atom is -0.480 e. The highest BCUT2D eigenvalue weighted by Gasteiger charge is 2.63. The number of carbonyl (C=O) groups is 1. The Labute approximate surface area is 192 Å². The molecule has 3 aromatic carbocycles. The van der Waals surface area contributed by atoms with Crippen LogP contribution in [0.1, 0.15) is 17.9 Å². The van der Waals surface area contributed by atoms with Gasteiger partial charge >= 0.3 is 5.97 Å². The van der Waals surface area contributed by atoms with E-state index >= 15 is 0 Å². The summed E-state index contributed by atoms with van der Waals surface area (Å²) in [7, 11) is -0.244. The van der Waals surface area contributed by atoms with E-state index < -0.39 is 27.4 Å². The van der Waals surface area contributed by atoms with Crippen LogP contribution in [0.5, 0.6) is 0 Å². The molecule has 4 rings (SSSR count). The molecule has 0 heterocycles. The Balaban J connectivity index is 1.58. The van der Waals surface area contributed by atoms with E-state index in [-0.39, 0.29) is 11.3 Å². The number of halogens is 1. The molecule has 8 heteroatoms. The lowest BCUT2D eigenvalue weighted by Gasteiger charge is -2.17. The zero-order chi connectivity index (χ0) is 23.1. The van der Waals surface area contributed by atoms with Gasteiger partial charge in [0.1, 0.15) is 5.54 Å². The van der Waals surface area contributed by atoms with E-state index in [4.69, 9.17) is 11.6 Å². The predicted molar refractivity (Wildman–Crippen MR) is 126 cm³/mol. The summed E-state index contributed by atoms with van der Waals surface area (Å²) in [5, 5.41) is 10.5. The third-order valence-corrected chi connectivity index (χ3v) is 7.57. The summed E-state index contributed by atoms with van der Waals surface area (Å²) in [6.45, 7) is 0. The van der Waals surface area contributed by atoms with Crippen molar-refractivity contribution in [1.82, 2.24) is 4.72 Å². The Bertz CT molecular complexity index is 1260. The number of benzene rings is 3. The lowest BCUT2D eigenvalue weighted by molar-refractivity contribution is -0.140. The first-order valence-corrected chi connectivity index (χ1v) is 11.9. The second kappa shape index (κ2) is 8.24. The SMILES string of the molecule is CN(C)c1cccc(C2CC2(NS(=O)(=O)c2ccc(-c3ccc(Cl)cc3)cc2)C(=O)O)c1. The molecular formula is C24H23ClN2O4S. The topological polar surface area (TPSA) is 86.7 Å². The molecular weight excluding hydrogens is 448 g/mol. The van der Waals surface area contributed by atoms with E-state index in [1.54, 1.807) is 24.3 Å². The number of hydrogen-bond donors (Lipinski definition) is 2. The molecule has 0 aliphatic heterocycles. The van der Waals surface area contributed by atoms with Crippen molar-refractivity contribution in [2.45, 2.75) is 22.8 Å². The standard InChI is InChI=1S/C24H23ClN2O4S/c1-27(2)20-5-3-4-18(14-20)22-15-24(22,23(28)29)26-32(30,31)21-12-8-17(9-13-21)16-6-10-19(25)11-7-16/h3-14,22,26H,15H2,1-2H3,(H,28,29). The van der Waals surface area contributed by atoms with Crippen molar-refractivity contribution in [3.8, 4) is 11.1 Å². The van der Waals surface area contributed by atoms with Crippen LogP contribution in [-0.2, 0) is 14.8 Å². The van der Waals surface area contributed by atoms with Crippen LogP contribution in [0.2, 0.25) is 5.02 Å². The molecule has 0 amide bonds. The van der Waals surface area contributed by atoms with Crippen LogP contribution in [0, 0.1) is 0 Å². The van der Waals surface area contributed by atoms with Gasteiger partial charge in [-0.25, -0.2) is 8.42 Å². The molecule has 0 aromatic heterocycles. The Morgan fingerprint density at radius 1 is 1.03 bits per heavy atom. The number of carboxylic acids is 1. The zero-order valence-corrected chi connectivity index (χ0v) is 19.2. The fraction of sp³-hybridized carbons (Fsp3) is 0.208. The second-order valence-electron chi connectivity index (χ2n) is 8.16. The number of carboxylic acid groups (broad SMARTS) is 1. The van der Waals surface area contributed by atoms with Gasteiger partial charge in [0.2, 0.25) is 10.0 Å². The Hall–Kier alpha value is -2.87. The van der Waals surface area contributed by atoms with E-state index in [1.807, 2.05) is 55.4 Å². The fourth-order valence-corrected chi connectivity index (χ4v) is 5.38. The number of aliphatic carboxylic acids is 1. The molecule has 0 saturated heterocycles. The van der Waals surface area contributed by atoms with Crippen LogP contribution in [0.3, 0.4) is 0 Å². The van der Waals surface area contributed by atoms with Crippen LogP contribution in [0.15, 0.2) is 77.7 Å². The van der Waals surface area contributed by atoms with Gasteiger partial charge in [0.25, 0.3) is 0 Å². The molecule has 0 bridgehead atoms. The normalized spacial score (nSPS) is 20.0. The largest absolute Gasteiger partial charge is 0.480 e. The highest BCUT2D eigenvalue weighted by atomic mass is 35.5. The molecule has 1 saturated carbocycles. The molecule has 32 heavy (non-hydrogen) atoms. The summed E-state index contributed by atoms with van der Waals surface area (Å²) in [5.41, 5.74) is 1.89. The summed E-state index contributed by atoms with van der Waals surface area (Å²) in [6, 6.07) is 21.0. The molecule has 1 fully saturated rings. The minimum atomic E-state index is -4.04. The lowest BCUT2D eigenvalue weighted by atomic mass is 10.1. The maximum Gasteiger partial charge on any atom is 0.325 e. The molecule has 6 nitrogen and oxygen atoms in total. The summed E-state index contributed by atoms with van der Waals surface area (Å²) in [5.74, 6) is -1.62. The highest BCUT2D eigenvalue weighted by molar-refractivity contribution is 7.89. The zero-order valence-electron chi connectivity index (χ0n) is 17.6. The number of hydrogen-bond acceptors (Lipinski definition) is 4. The van der Waals surface area contributed by atoms with Gasteiger partial charge in [0.15, 0.2) is 0 Å². The van der Waals surface area contributed by atoms with Crippen molar-refractivity contribution in [3.63, 3.8) is 0 Å². The van der Waals surface area contributed by atoms with E-state index in [1.165, 1.54) is 12.1 Å². The predicted octanol–water partition coefficient (Wildman–Crippen LogP) is 4.36. The minimum absolute atomic E-state index is 0.0172. The van der Waals surface area contributed by atoms with E-state index in [2.05, 4.69) is 4.72 Å². The summed E-state index contributed by atoms with van der Waals surface area (Å²) >= 11 is 5.92. The summed E-state index contributed by atoms with van der Waals surface area (Å²) < 4.78 is 28.5. The van der Waals surface area contributed by atoms with Gasteiger partial charge in [-0.1, -0.05) is 48.0 Å². The third kappa shape index (κ3) is 4.24. The van der Waals surface area contributed by atoms with Crippen molar-refractivity contribution >= 4 is 33.3 Å².